The van der Waals surface area contributed by atoms with Gasteiger partial charge in [-0.2, -0.15) is 0 Å². The molecule has 0 aliphatic carbocycles. The molecular formula is C15H20N4O3. The van der Waals surface area contributed by atoms with Crippen molar-refractivity contribution in [2.45, 2.75) is 19.4 Å². The molecule has 0 bridgehead atoms. The minimum atomic E-state index is -0.610. The van der Waals surface area contributed by atoms with Crippen LogP contribution in [-0.2, 0) is 14.3 Å². The van der Waals surface area contributed by atoms with Gasteiger partial charge in [0.05, 0.1) is 5.69 Å². The van der Waals surface area contributed by atoms with E-state index in [4.69, 9.17) is 4.74 Å². The summed E-state index contributed by atoms with van der Waals surface area (Å²) in [7, 11) is 1.61. The average Bonchev–Trinajstić information content (AvgIpc) is 2.54. The number of nitrogens with one attached hydrogen (secondary N) is 2. The second-order valence-corrected chi connectivity index (χ2v) is 4.88. The van der Waals surface area contributed by atoms with Crippen LogP contribution in [0.15, 0.2) is 35.3 Å². The lowest BCUT2D eigenvalue weighted by Gasteiger charge is -2.30. The first kappa shape index (κ1) is 16.0. The average molecular weight is 304 g/mol. The molecule has 0 saturated heterocycles. The van der Waals surface area contributed by atoms with Crippen molar-refractivity contribution < 1.29 is 14.3 Å². The molecule has 7 heteroatoms. The maximum Gasteiger partial charge on any atom is 0.288 e. The van der Waals surface area contributed by atoms with E-state index >= 15 is 0 Å². The van der Waals surface area contributed by atoms with Crippen LogP contribution in [0.25, 0.3) is 0 Å². The van der Waals surface area contributed by atoms with Gasteiger partial charge in [0.2, 0.25) is 5.84 Å². The number of hydrogen-bond donors (Lipinski definition) is 2. The van der Waals surface area contributed by atoms with Crippen molar-refractivity contribution in [3.05, 3.63) is 30.3 Å². The van der Waals surface area contributed by atoms with Crippen LogP contribution in [-0.4, -0.2) is 44.0 Å². The fourth-order valence-electron chi connectivity index (χ4n) is 2.01. The zero-order valence-electron chi connectivity index (χ0n) is 12.7. The van der Waals surface area contributed by atoms with Gasteiger partial charge >= 0.3 is 0 Å². The molecule has 0 fully saturated rings. The molecule has 1 aromatic carbocycles. The molecule has 0 radical (unpaired) electrons. The van der Waals surface area contributed by atoms with Gasteiger partial charge < -0.3 is 10.1 Å². The Morgan fingerprint density at radius 2 is 2.14 bits per heavy atom. The third-order valence-electron chi connectivity index (χ3n) is 3.16. The van der Waals surface area contributed by atoms with Crippen LogP contribution in [0.1, 0.15) is 13.3 Å². The fourth-order valence-corrected chi connectivity index (χ4v) is 2.01. The first-order chi connectivity index (χ1) is 10.6. The van der Waals surface area contributed by atoms with Crippen molar-refractivity contribution in [1.82, 2.24) is 10.7 Å². The number of nitrogens with zero attached hydrogens (tertiary/aromatic N) is 2. The van der Waals surface area contributed by atoms with Crippen molar-refractivity contribution in [2.75, 3.05) is 25.3 Å². The maximum atomic E-state index is 12.2. The van der Waals surface area contributed by atoms with Crippen molar-refractivity contribution in [2.24, 2.45) is 4.99 Å². The van der Waals surface area contributed by atoms with Gasteiger partial charge in [-0.25, -0.2) is 10.0 Å². The van der Waals surface area contributed by atoms with Gasteiger partial charge in [-0.15, -0.1) is 0 Å². The molecule has 1 heterocycles. The Morgan fingerprint density at radius 1 is 1.41 bits per heavy atom. The van der Waals surface area contributed by atoms with E-state index in [0.717, 1.165) is 0 Å². The summed E-state index contributed by atoms with van der Waals surface area (Å²) in [5.74, 6) is -0.410. The zero-order chi connectivity index (χ0) is 15.9. The number of amidine groups is 1. The molecule has 0 saturated carbocycles. The van der Waals surface area contributed by atoms with Crippen molar-refractivity contribution >= 4 is 23.3 Å². The van der Waals surface area contributed by atoms with E-state index in [1.54, 1.807) is 26.2 Å². The molecule has 0 aromatic heterocycles. The topological polar surface area (TPSA) is 83.0 Å². The Balaban J connectivity index is 2.05. The molecule has 1 atom stereocenters. The SMILES string of the molecule is COCCCNC(=O)C1=N[C@@H](C)C(=O)N(c2ccccc2)N1. The number of ether oxygens (including phenoxy) is 1. The van der Waals surface area contributed by atoms with Crippen LogP contribution < -0.4 is 15.8 Å². The summed E-state index contributed by atoms with van der Waals surface area (Å²) in [6.45, 7) is 2.73. The summed E-state index contributed by atoms with van der Waals surface area (Å²) >= 11 is 0. The van der Waals surface area contributed by atoms with E-state index in [1.807, 2.05) is 18.2 Å². The number of benzene rings is 1. The largest absolute Gasteiger partial charge is 0.385 e. The molecule has 7 nitrogen and oxygen atoms in total. The number of carbonyl (C=O) groups is 2. The minimum absolute atomic E-state index is 0.133. The Morgan fingerprint density at radius 3 is 2.82 bits per heavy atom. The molecule has 2 N–H and O–H groups in total. The predicted octanol–water partition coefficient (Wildman–Crippen LogP) is 0.477. The highest BCUT2D eigenvalue weighted by molar-refractivity contribution is 6.39. The summed E-state index contributed by atoms with van der Waals surface area (Å²) in [5, 5.41) is 4.09. The van der Waals surface area contributed by atoms with Crippen LogP contribution in [0.3, 0.4) is 0 Å². The number of rotatable bonds is 6. The highest BCUT2D eigenvalue weighted by atomic mass is 16.5. The molecule has 22 heavy (non-hydrogen) atoms. The Labute approximate surface area is 129 Å². The van der Waals surface area contributed by atoms with Crippen molar-refractivity contribution in [3.8, 4) is 0 Å². The molecule has 0 spiro atoms. The third kappa shape index (κ3) is 3.82. The zero-order valence-corrected chi connectivity index (χ0v) is 12.7. The maximum absolute atomic E-state index is 12.2. The van der Waals surface area contributed by atoms with E-state index in [1.165, 1.54) is 5.01 Å². The van der Waals surface area contributed by atoms with E-state index in [-0.39, 0.29) is 17.6 Å². The van der Waals surface area contributed by atoms with Crippen LogP contribution in [0.5, 0.6) is 0 Å². The second kappa shape index (κ2) is 7.56. The molecule has 2 rings (SSSR count). The monoisotopic (exact) mass is 304 g/mol. The Bertz CT molecular complexity index is 559. The summed E-state index contributed by atoms with van der Waals surface area (Å²) in [4.78, 5) is 28.4. The fraction of sp³-hybridized carbons (Fsp3) is 0.400. The second-order valence-electron chi connectivity index (χ2n) is 4.88. The number of hydrazine groups is 1. The number of methoxy groups -OCH3 is 1. The van der Waals surface area contributed by atoms with Gasteiger partial charge in [0.15, 0.2) is 0 Å². The quantitative estimate of drug-likeness (QED) is 0.749. The normalized spacial score (nSPS) is 17.7. The number of aliphatic imine (C=N–C) groups is 1. The first-order valence-corrected chi connectivity index (χ1v) is 7.14. The lowest BCUT2D eigenvalue weighted by molar-refractivity contribution is -0.120. The molecule has 0 unspecified atom stereocenters. The van der Waals surface area contributed by atoms with Gasteiger partial charge in [-0.1, -0.05) is 18.2 Å². The molecule has 1 aliphatic heterocycles. The predicted molar refractivity (Wildman–Crippen MR) is 83.5 cm³/mol. The lowest BCUT2D eigenvalue weighted by atomic mass is 10.2. The summed E-state index contributed by atoms with van der Waals surface area (Å²) < 4.78 is 4.93. The van der Waals surface area contributed by atoms with E-state index in [9.17, 15) is 9.59 Å². The smallest absolute Gasteiger partial charge is 0.288 e. The highest BCUT2D eigenvalue weighted by Crippen LogP contribution is 2.15. The molecular weight excluding hydrogens is 284 g/mol. The standard InChI is InChI=1S/C15H20N4O3/c1-11-15(21)19(12-7-4-3-5-8-12)18-13(17-11)14(20)16-9-6-10-22-2/h3-5,7-8,11H,6,9-10H2,1-2H3,(H,16,20)(H,17,18)/t11-/m0/s1. The number of para-hydroxylation sites is 1. The number of anilines is 1. The summed E-state index contributed by atoms with van der Waals surface area (Å²) in [6.07, 6.45) is 0.715. The van der Waals surface area contributed by atoms with E-state index < -0.39 is 6.04 Å². The number of hydrogen-bond acceptors (Lipinski definition) is 5. The van der Waals surface area contributed by atoms with Gasteiger partial charge in [0, 0.05) is 20.3 Å². The van der Waals surface area contributed by atoms with Crippen molar-refractivity contribution in [3.63, 3.8) is 0 Å². The number of carbonyl (C=O) groups excluding carboxylic acids is 2. The summed E-state index contributed by atoms with van der Waals surface area (Å²) in [5.41, 5.74) is 3.45. The van der Waals surface area contributed by atoms with Gasteiger partial charge in [-0.3, -0.25) is 15.0 Å². The first-order valence-electron chi connectivity index (χ1n) is 7.14. The minimum Gasteiger partial charge on any atom is -0.385 e. The Hall–Kier alpha value is -2.41. The van der Waals surface area contributed by atoms with Gasteiger partial charge in [-0.05, 0) is 25.5 Å². The van der Waals surface area contributed by atoms with Crippen LogP contribution >= 0.6 is 0 Å². The third-order valence-corrected chi connectivity index (χ3v) is 3.16. The van der Waals surface area contributed by atoms with E-state index in [2.05, 4.69) is 15.7 Å². The van der Waals surface area contributed by atoms with Gasteiger partial charge in [0.1, 0.15) is 6.04 Å². The highest BCUT2D eigenvalue weighted by Gasteiger charge is 2.30. The molecule has 1 aliphatic rings. The van der Waals surface area contributed by atoms with Gasteiger partial charge in [0.25, 0.3) is 11.8 Å². The van der Waals surface area contributed by atoms with E-state index in [0.29, 0.717) is 25.3 Å². The number of amides is 2. The molecule has 1 aromatic rings. The Kier molecular flexibility index (Phi) is 5.48. The molecule has 2 amide bonds. The van der Waals surface area contributed by atoms with Crippen LogP contribution in [0.4, 0.5) is 5.69 Å². The van der Waals surface area contributed by atoms with Crippen LogP contribution in [0.2, 0.25) is 0 Å². The lowest BCUT2D eigenvalue weighted by Crippen LogP contribution is -2.58. The van der Waals surface area contributed by atoms with Crippen LogP contribution in [0, 0.1) is 0 Å². The molecule has 118 valence electrons. The van der Waals surface area contributed by atoms with Crippen molar-refractivity contribution in [1.29, 1.82) is 0 Å². The summed E-state index contributed by atoms with van der Waals surface area (Å²) in [6, 6.07) is 8.48.